The highest BCUT2D eigenvalue weighted by atomic mass is 32.2. The molecule has 0 bridgehead atoms. The number of hydrogen-bond acceptors (Lipinski definition) is 5. The predicted molar refractivity (Wildman–Crippen MR) is 116 cm³/mol. The maximum Gasteiger partial charge on any atom is 0.278 e. The summed E-state index contributed by atoms with van der Waals surface area (Å²) in [7, 11) is 5.02. The SMILES string of the molecule is COc1ccc2c(c1)c1nc(SCC(=O)Nc3cccc(F)c3)n(C)c(=O)c1n2C. The molecule has 0 unspecified atom stereocenters. The highest BCUT2D eigenvalue weighted by Gasteiger charge is 2.18. The third-order valence-corrected chi connectivity index (χ3v) is 5.85. The third-order valence-electron chi connectivity index (χ3n) is 4.82. The largest absolute Gasteiger partial charge is 0.497 e. The minimum absolute atomic E-state index is 0.0242. The van der Waals surface area contributed by atoms with Crippen molar-refractivity contribution in [3.05, 3.63) is 58.6 Å². The Hall–Kier alpha value is -3.33. The van der Waals surface area contributed by atoms with Crippen LogP contribution in [-0.2, 0) is 18.9 Å². The summed E-state index contributed by atoms with van der Waals surface area (Å²) >= 11 is 1.14. The molecule has 0 saturated carbocycles. The van der Waals surface area contributed by atoms with Crippen LogP contribution in [0.2, 0.25) is 0 Å². The van der Waals surface area contributed by atoms with Gasteiger partial charge in [-0.1, -0.05) is 17.8 Å². The molecular weight excluding hydrogens is 407 g/mol. The van der Waals surface area contributed by atoms with E-state index in [1.807, 2.05) is 29.8 Å². The fourth-order valence-corrected chi connectivity index (χ4v) is 4.09. The zero-order valence-corrected chi connectivity index (χ0v) is 17.4. The second kappa shape index (κ2) is 7.83. The number of aryl methyl sites for hydroxylation is 1. The molecule has 30 heavy (non-hydrogen) atoms. The number of ether oxygens (including phenoxy) is 1. The molecule has 1 N–H and O–H groups in total. The topological polar surface area (TPSA) is 78.2 Å². The molecule has 9 heteroatoms. The number of aromatic nitrogens is 3. The second-order valence-electron chi connectivity index (χ2n) is 6.75. The van der Waals surface area contributed by atoms with Crippen molar-refractivity contribution in [1.82, 2.24) is 14.1 Å². The van der Waals surface area contributed by atoms with E-state index in [1.165, 1.54) is 22.8 Å². The molecule has 2 aromatic carbocycles. The van der Waals surface area contributed by atoms with Crippen molar-refractivity contribution in [2.45, 2.75) is 5.16 Å². The number of rotatable bonds is 5. The van der Waals surface area contributed by atoms with Gasteiger partial charge in [-0.25, -0.2) is 9.37 Å². The lowest BCUT2D eigenvalue weighted by atomic mass is 10.2. The molecule has 0 aliphatic heterocycles. The Labute approximate surface area is 175 Å². The number of methoxy groups -OCH3 is 1. The zero-order valence-electron chi connectivity index (χ0n) is 16.6. The Kier molecular flexibility index (Phi) is 5.21. The van der Waals surface area contributed by atoms with Crippen molar-refractivity contribution in [2.75, 3.05) is 18.2 Å². The van der Waals surface area contributed by atoms with E-state index in [4.69, 9.17) is 4.74 Å². The number of hydrogen-bond donors (Lipinski definition) is 1. The summed E-state index contributed by atoms with van der Waals surface area (Å²) in [5.41, 5.74) is 2.07. The van der Waals surface area contributed by atoms with Crippen LogP contribution >= 0.6 is 11.8 Å². The number of anilines is 1. The predicted octanol–water partition coefficient (Wildman–Crippen LogP) is 3.30. The molecule has 4 aromatic rings. The maximum absolute atomic E-state index is 13.3. The first-order valence-corrected chi connectivity index (χ1v) is 10.1. The van der Waals surface area contributed by atoms with Crippen molar-refractivity contribution in [3.63, 3.8) is 0 Å². The first kappa shape index (κ1) is 20.0. The number of amides is 1. The highest BCUT2D eigenvalue weighted by Crippen LogP contribution is 2.29. The van der Waals surface area contributed by atoms with Gasteiger partial charge in [0.05, 0.1) is 18.4 Å². The smallest absolute Gasteiger partial charge is 0.278 e. The van der Waals surface area contributed by atoms with Crippen molar-refractivity contribution < 1.29 is 13.9 Å². The van der Waals surface area contributed by atoms with Gasteiger partial charge in [0.25, 0.3) is 5.56 Å². The zero-order chi connectivity index (χ0) is 21.4. The molecule has 0 saturated heterocycles. The van der Waals surface area contributed by atoms with Crippen LogP contribution in [0.15, 0.2) is 52.4 Å². The highest BCUT2D eigenvalue weighted by molar-refractivity contribution is 7.99. The molecule has 0 radical (unpaired) electrons. The van der Waals surface area contributed by atoms with Crippen LogP contribution in [0.4, 0.5) is 10.1 Å². The van der Waals surface area contributed by atoms with E-state index < -0.39 is 5.82 Å². The molecule has 154 valence electrons. The lowest BCUT2D eigenvalue weighted by Crippen LogP contribution is -2.22. The molecule has 1 amide bonds. The van der Waals surface area contributed by atoms with Gasteiger partial charge in [-0.2, -0.15) is 0 Å². The lowest BCUT2D eigenvalue weighted by Gasteiger charge is -2.08. The molecular formula is C21H19FN4O3S. The fourth-order valence-electron chi connectivity index (χ4n) is 3.33. The van der Waals surface area contributed by atoms with Crippen molar-refractivity contribution in [3.8, 4) is 5.75 Å². The Morgan fingerprint density at radius 1 is 1.20 bits per heavy atom. The van der Waals surface area contributed by atoms with Gasteiger partial charge in [-0.15, -0.1) is 0 Å². The van der Waals surface area contributed by atoms with Crippen LogP contribution < -0.4 is 15.6 Å². The second-order valence-corrected chi connectivity index (χ2v) is 7.69. The number of carbonyl (C=O) groups is 1. The molecule has 0 fully saturated rings. The number of fused-ring (bicyclic) bond motifs is 3. The van der Waals surface area contributed by atoms with Crippen LogP contribution in [-0.4, -0.2) is 32.9 Å². The average molecular weight is 426 g/mol. The van der Waals surface area contributed by atoms with Crippen LogP contribution in [0, 0.1) is 5.82 Å². The van der Waals surface area contributed by atoms with Gasteiger partial charge in [-0.05, 0) is 36.4 Å². The number of nitrogens with one attached hydrogen (secondary N) is 1. The molecule has 2 heterocycles. The van der Waals surface area contributed by atoms with E-state index >= 15 is 0 Å². The fraction of sp³-hybridized carbons (Fsp3) is 0.190. The summed E-state index contributed by atoms with van der Waals surface area (Å²) in [4.78, 5) is 29.9. The third kappa shape index (κ3) is 3.52. The maximum atomic E-state index is 13.3. The van der Waals surface area contributed by atoms with Gasteiger partial charge < -0.3 is 14.6 Å². The normalized spacial score (nSPS) is 11.2. The summed E-state index contributed by atoms with van der Waals surface area (Å²) in [5, 5.41) is 3.85. The molecule has 7 nitrogen and oxygen atoms in total. The van der Waals surface area contributed by atoms with E-state index in [-0.39, 0.29) is 17.2 Å². The van der Waals surface area contributed by atoms with Crippen LogP contribution in [0.3, 0.4) is 0 Å². The van der Waals surface area contributed by atoms with Gasteiger partial charge in [0.2, 0.25) is 5.91 Å². The Bertz CT molecular complexity index is 1350. The average Bonchev–Trinajstić information content (AvgIpc) is 3.01. The molecule has 0 aliphatic carbocycles. The van der Waals surface area contributed by atoms with Gasteiger partial charge in [-0.3, -0.25) is 14.2 Å². The van der Waals surface area contributed by atoms with E-state index in [1.54, 1.807) is 20.2 Å². The van der Waals surface area contributed by atoms with Crippen molar-refractivity contribution in [2.24, 2.45) is 14.1 Å². The van der Waals surface area contributed by atoms with Gasteiger partial charge >= 0.3 is 0 Å². The Morgan fingerprint density at radius 2 is 2.00 bits per heavy atom. The number of carbonyl (C=O) groups excluding carboxylic acids is 1. The number of benzene rings is 2. The van der Waals surface area contributed by atoms with Crippen molar-refractivity contribution >= 4 is 45.3 Å². The van der Waals surface area contributed by atoms with Crippen molar-refractivity contribution in [1.29, 1.82) is 0 Å². The number of thioether (sulfide) groups is 1. The first-order chi connectivity index (χ1) is 14.4. The summed E-state index contributed by atoms with van der Waals surface area (Å²) < 4.78 is 21.8. The van der Waals surface area contributed by atoms with Crippen LogP contribution in [0.1, 0.15) is 0 Å². The van der Waals surface area contributed by atoms with Crippen LogP contribution in [0.5, 0.6) is 5.75 Å². The molecule has 0 atom stereocenters. The van der Waals surface area contributed by atoms with E-state index in [9.17, 15) is 14.0 Å². The number of nitrogens with zero attached hydrogens (tertiary/aromatic N) is 3. The van der Waals surface area contributed by atoms with Gasteiger partial charge in [0.15, 0.2) is 5.16 Å². The minimum Gasteiger partial charge on any atom is -0.497 e. The molecule has 0 aliphatic rings. The number of halogens is 1. The molecule has 2 aromatic heterocycles. The van der Waals surface area contributed by atoms with E-state index in [0.717, 1.165) is 22.7 Å². The van der Waals surface area contributed by atoms with E-state index in [2.05, 4.69) is 10.3 Å². The van der Waals surface area contributed by atoms with Gasteiger partial charge in [0.1, 0.15) is 22.6 Å². The summed E-state index contributed by atoms with van der Waals surface area (Å²) in [6.07, 6.45) is 0. The van der Waals surface area contributed by atoms with E-state index in [0.29, 0.717) is 27.6 Å². The Balaban J connectivity index is 1.67. The molecule has 0 spiro atoms. The lowest BCUT2D eigenvalue weighted by molar-refractivity contribution is -0.113. The Morgan fingerprint density at radius 3 is 2.73 bits per heavy atom. The quantitative estimate of drug-likeness (QED) is 0.391. The first-order valence-electron chi connectivity index (χ1n) is 9.10. The standard InChI is InChI=1S/C21H19FN4O3S/c1-25-16-8-7-14(29-3)10-15(16)18-19(25)20(28)26(2)21(24-18)30-11-17(27)23-13-6-4-5-12(22)9-13/h4-10H,11H2,1-3H3,(H,23,27). The minimum atomic E-state index is -0.429. The van der Waals surface area contributed by atoms with Crippen LogP contribution in [0.25, 0.3) is 21.9 Å². The summed E-state index contributed by atoms with van der Waals surface area (Å²) in [5.74, 6) is -0.0573. The summed E-state index contributed by atoms with van der Waals surface area (Å²) in [6, 6.07) is 11.2. The summed E-state index contributed by atoms with van der Waals surface area (Å²) in [6.45, 7) is 0. The molecule has 4 rings (SSSR count). The monoisotopic (exact) mass is 426 g/mol. The van der Waals surface area contributed by atoms with Gasteiger partial charge in [0, 0.05) is 25.2 Å².